The summed E-state index contributed by atoms with van der Waals surface area (Å²) in [6.45, 7) is 3.33. The Morgan fingerprint density at radius 3 is 2.85 bits per heavy atom. The van der Waals surface area contributed by atoms with Gasteiger partial charge in [0.1, 0.15) is 11.9 Å². The largest absolute Gasteiger partial charge is 0.378 e. The molecule has 5 nitrogen and oxygen atoms in total. The molecule has 1 atom stereocenters. The topological polar surface area (TPSA) is 45.7 Å². The lowest BCUT2D eigenvalue weighted by atomic mass is 10.1. The Kier molecular flexibility index (Phi) is 5.52. The number of benzene rings is 1. The number of carbonyl (C=O) groups excluding carboxylic acids is 1. The van der Waals surface area contributed by atoms with E-state index >= 15 is 0 Å². The Balaban J connectivity index is 1.73. The first-order chi connectivity index (χ1) is 12.4. The van der Waals surface area contributed by atoms with Crippen LogP contribution in [-0.2, 0) is 16.0 Å². The van der Waals surface area contributed by atoms with Gasteiger partial charge in [-0.15, -0.1) is 0 Å². The molecular weight excluding hydrogens is 333 g/mol. The Morgan fingerprint density at radius 2 is 2.12 bits per heavy atom. The van der Waals surface area contributed by atoms with Gasteiger partial charge >= 0.3 is 0 Å². The van der Waals surface area contributed by atoms with Gasteiger partial charge in [0.2, 0.25) is 5.91 Å². The zero-order valence-electron chi connectivity index (χ0n) is 15.4. The minimum absolute atomic E-state index is 0.0591. The van der Waals surface area contributed by atoms with Crippen LogP contribution in [0.25, 0.3) is 0 Å². The molecule has 0 aliphatic carbocycles. The van der Waals surface area contributed by atoms with Crippen LogP contribution in [0.1, 0.15) is 23.1 Å². The molecule has 0 unspecified atom stereocenters. The lowest BCUT2D eigenvalue weighted by molar-refractivity contribution is -0.138. The molecule has 0 bridgehead atoms. The summed E-state index contributed by atoms with van der Waals surface area (Å²) in [4.78, 5) is 20.9. The smallest absolute Gasteiger partial charge is 0.227 e. The fourth-order valence-corrected chi connectivity index (χ4v) is 3.07. The second kappa shape index (κ2) is 7.83. The second-order valence-corrected chi connectivity index (χ2v) is 6.75. The van der Waals surface area contributed by atoms with Crippen LogP contribution in [0.3, 0.4) is 0 Å². The quantitative estimate of drug-likeness (QED) is 0.844. The van der Waals surface area contributed by atoms with Crippen molar-refractivity contribution in [2.24, 2.45) is 0 Å². The summed E-state index contributed by atoms with van der Waals surface area (Å²) >= 11 is 0. The van der Waals surface area contributed by atoms with Gasteiger partial charge < -0.3 is 14.5 Å². The van der Waals surface area contributed by atoms with Crippen molar-refractivity contribution in [3.63, 3.8) is 0 Å². The highest BCUT2D eigenvalue weighted by Crippen LogP contribution is 2.25. The third-order valence-electron chi connectivity index (χ3n) is 4.52. The number of morpholine rings is 1. The molecule has 0 radical (unpaired) electrons. The Labute approximate surface area is 153 Å². The summed E-state index contributed by atoms with van der Waals surface area (Å²) in [5, 5.41) is 0. The highest BCUT2D eigenvalue weighted by molar-refractivity contribution is 5.79. The van der Waals surface area contributed by atoms with E-state index in [4.69, 9.17) is 4.74 Å². The molecule has 1 saturated heterocycles. The van der Waals surface area contributed by atoms with Gasteiger partial charge in [0.15, 0.2) is 0 Å². The molecule has 1 amide bonds. The maximum Gasteiger partial charge on any atom is 0.227 e. The van der Waals surface area contributed by atoms with E-state index in [-0.39, 0.29) is 24.2 Å². The Morgan fingerprint density at radius 1 is 1.35 bits per heavy atom. The fourth-order valence-electron chi connectivity index (χ4n) is 3.07. The van der Waals surface area contributed by atoms with Crippen LogP contribution in [0, 0.1) is 12.7 Å². The first kappa shape index (κ1) is 18.3. The van der Waals surface area contributed by atoms with Crippen molar-refractivity contribution < 1.29 is 13.9 Å². The van der Waals surface area contributed by atoms with E-state index in [1.165, 1.54) is 6.07 Å². The van der Waals surface area contributed by atoms with E-state index < -0.39 is 0 Å². The maximum atomic E-state index is 13.8. The fraction of sp³-hybridized carbons (Fsp3) is 0.400. The van der Waals surface area contributed by atoms with Gasteiger partial charge in [-0.25, -0.2) is 4.39 Å². The second-order valence-electron chi connectivity index (χ2n) is 6.75. The highest BCUT2D eigenvalue weighted by atomic mass is 19.1. The van der Waals surface area contributed by atoms with Crippen LogP contribution in [0.15, 0.2) is 36.4 Å². The number of ether oxygens (including phenoxy) is 1. The highest BCUT2D eigenvalue weighted by Gasteiger charge is 2.27. The predicted molar refractivity (Wildman–Crippen MR) is 98.7 cm³/mol. The lowest BCUT2D eigenvalue weighted by Gasteiger charge is -2.33. The van der Waals surface area contributed by atoms with Crippen LogP contribution in [0.4, 0.5) is 10.1 Å². The third kappa shape index (κ3) is 4.19. The van der Waals surface area contributed by atoms with E-state index in [0.29, 0.717) is 25.3 Å². The van der Waals surface area contributed by atoms with Gasteiger partial charge in [-0.05, 0) is 30.7 Å². The maximum absolute atomic E-state index is 13.8. The molecule has 26 heavy (non-hydrogen) atoms. The predicted octanol–water partition coefficient (Wildman–Crippen LogP) is 2.74. The van der Waals surface area contributed by atoms with Crippen molar-refractivity contribution >= 4 is 11.6 Å². The minimum atomic E-state index is -0.346. The standard InChI is InChI=1S/C20H24FN3O2/c1-14-10-16(23(2)3)12-18(22-14)19-13-24(8-9-26-19)20(25)11-15-6-4-5-7-17(15)21/h4-7,10,12,19H,8-9,11,13H2,1-3H3/t19-/m0/s1. The molecule has 1 aliphatic heterocycles. The molecular formula is C20H24FN3O2. The Hall–Kier alpha value is -2.47. The molecule has 0 N–H and O–H groups in total. The number of aryl methyl sites for hydroxylation is 1. The van der Waals surface area contributed by atoms with E-state index in [2.05, 4.69) is 4.98 Å². The summed E-state index contributed by atoms with van der Waals surface area (Å²) < 4.78 is 19.7. The number of pyridine rings is 1. The van der Waals surface area contributed by atoms with Gasteiger partial charge in [0, 0.05) is 32.0 Å². The van der Waals surface area contributed by atoms with Gasteiger partial charge in [-0.1, -0.05) is 18.2 Å². The van der Waals surface area contributed by atoms with Crippen molar-refractivity contribution in [2.45, 2.75) is 19.4 Å². The van der Waals surface area contributed by atoms with Crippen molar-refractivity contribution in [2.75, 3.05) is 38.7 Å². The first-order valence-corrected chi connectivity index (χ1v) is 8.72. The summed E-state index contributed by atoms with van der Waals surface area (Å²) in [5.41, 5.74) is 3.19. The van der Waals surface area contributed by atoms with Crippen molar-refractivity contribution in [1.82, 2.24) is 9.88 Å². The molecule has 6 heteroatoms. The summed E-state index contributed by atoms with van der Waals surface area (Å²) in [7, 11) is 3.95. The van der Waals surface area contributed by atoms with Crippen molar-refractivity contribution in [1.29, 1.82) is 0 Å². The van der Waals surface area contributed by atoms with Gasteiger partial charge in [-0.3, -0.25) is 9.78 Å². The Bertz CT molecular complexity index is 794. The van der Waals surface area contributed by atoms with Crippen LogP contribution < -0.4 is 4.90 Å². The van der Waals surface area contributed by atoms with Gasteiger partial charge in [-0.2, -0.15) is 0 Å². The van der Waals surface area contributed by atoms with Crippen molar-refractivity contribution in [3.8, 4) is 0 Å². The number of aromatic nitrogens is 1. The molecule has 1 aromatic carbocycles. The lowest BCUT2D eigenvalue weighted by Crippen LogP contribution is -2.43. The molecule has 0 saturated carbocycles. The third-order valence-corrected chi connectivity index (χ3v) is 4.52. The van der Waals surface area contributed by atoms with Crippen LogP contribution in [0.5, 0.6) is 0 Å². The van der Waals surface area contributed by atoms with Crippen molar-refractivity contribution in [3.05, 3.63) is 59.2 Å². The molecule has 1 aliphatic rings. The van der Waals surface area contributed by atoms with Crippen LogP contribution in [-0.4, -0.2) is 49.6 Å². The van der Waals surface area contributed by atoms with E-state index in [1.807, 2.05) is 38.1 Å². The summed E-state index contributed by atoms with van der Waals surface area (Å²) in [6.07, 6.45) is -0.212. The number of carbonyl (C=O) groups is 1. The average Bonchev–Trinajstić information content (AvgIpc) is 2.63. The molecule has 3 rings (SSSR count). The molecule has 0 spiro atoms. The SMILES string of the molecule is Cc1cc(N(C)C)cc([C@@H]2CN(C(=O)Cc3ccccc3F)CCO2)n1. The van der Waals surface area contributed by atoms with Crippen LogP contribution in [0.2, 0.25) is 0 Å². The molecule has 2 aromatic rings. The average molecular weight is 357 g/mol. The number of rotatable bonds is 4. The monoisotopic (exact) mass is 357 g/mol. The molecule has 1 aromatic heterocycles. The van der Waals surface area contributed by atoms with E-state index in [0.717, 1.165) is 17.1 Å². The number of anilines is 1. The number of hydrogen-bond acceptors (Lipinski definition) is 4. The summed E-state index contributed by atoms with van der Waals surface area (Å²) in [5.74, 6) is -0.439. The minimum Gasteiger partial charge on any atom is -0.378 e. The number of hydrogen-bond donors (Lipinski definition) is 0. The van der Waals surface area contributed by atoms with E-state index in [1.54, 1.807) is 23.1 Å². The first-order valence-electron chi connectivity index (χ1n) is 8.72. The van der Waals surface area contributed by atoms with Crippen LogP contribution >= 0.6 is 0 Å². The van der Waals surface area contributed by atoms with E-state index in [9.17, 15) is 9.18 Å². The number of amides is 1. The number of nitrogens with zero attached hydrogens (tertiary/aromatic N) is 3. The summed E-state index contributed by atoms with van der Waals surface area (Å²) in [6, 6.07) is 10.4. The van der Waals surface area contributed by atoms with Gasteiger partial charge in [0.05, 0.1) is 25.3 Å². The molecule has 1 fully saturated rings. The molecule has 138 valence electrons. The normalized spacial score (nSPS) is 17.2. The zero-order chi connectivity index (χ0) is 18.7. The zero-order valence-corrected chi connectivity index (χ0v) is 15.4. The van der Waals surface area contributed by atoms with Gasteiger partial charge in [0.25, 0.3) is 0 Å². The molecule has 2 heterocycles. The number of halogens is 1.